The lowest BCUT2D eigenvalue weighted by molar-refractivity contribution is 0.476. The molecule has 0 bridgehead atoms. The molecule has 0 aliphatic carbocycles. The third kappa shape index (κ3) is 5.85. The normalized spacial score (nSPS) is 11.0. The van der Waals surface area contributed by atoms with Gasteiger partial charge in [0.15, 0.2) is 5.96 Å². The lowest BCUT2D eigenvalue weighted by Crippen LogP contribution is -2.37. The predicted molar refractivity (Wildman–Crippen MR) is 106 cm³/mol. The fourth-order valence-electron chi connectivity index (χ4n) is 2.36. The van der Waals surface area contributed by atoms with Crippen LogP contribution in [0.4, 0.5) is 0 Å². The SMILES string of the molecule is CCc1ccc(CN(C)C(=NC)NCc2cnn(C)c2)cc1.I. The van der Waals surface area contributed by atoms with Gasteiger partial charge in [-0.2, -0.15) is 5.10 Å². The van der Waals surface area contributed by atoms with Crippen LogP contribution in [0.2, 0.25) is 0 Å². The summed E-state index contributed by atoms with van der Waals surface area (Å²) in [4.78, 5) is 6.47. The van der Waals surface area contributed by atoms with Gasteiger partial charge in [0, 0.05) is 46.0 Å². The molecule has 1 N–H and O–H groups in total. The van der Waals surface area contributed by atoms with E-state index in [1.54, 1.807) is 4.68 Å². The fraction of sp³-hybridized carbons (Fsp3) is 0.412. The smallest absolute Gasteiger partial charge is 0.193 e. The van der Waals surface area contributed by atoms with E-state index in [0.717, 1.165) is 31.0 Å². The molecule has 0 saturated heterocycles. The van der Waals surface area contributed by atoms with E-state index in [0.29, 0.717) is 0 Å². The van der Waals surface area contributed by atoms with Crippen LogP contribution in [0.1, 0.15) is 23.6 Å². The highest BCUT2D eigenvalue weighted by Crippen LogP contribution is 2.07. The van der Waals surface area contributed by atoms with Crippen LogP contribution < -0.4 is 5.32 Å². The summed E-state index contributed by atoms with van der Waals surface area (Å²) >= 11 is 0. The highest BCUT2D eigenvalue weighted by molar-refractivity contribution is 14.0. The van der Waals surface area contributed by atoms with Gasteiger partial charge in [-0.15, -0.1) is 24.0 Å². The largest absolute Gasteiger partial charge is 0.352 e. The molecule has 0 unspecified atom stereocenters. The second-order valence-corrected chi connectivity index (χ2v) is 5.45. The molecule has 1 aromatic carbocycles. The molecule has 0 amide bonds. The molecule has 2 aromatic rings. The molecule has 0 spiro atoms. The van der Waals surface area contributed by atoms with Gasteiger partial charge in [0.05, 0.1) is 6.20 Å². The number of hydrogen-bond acceptors (Lipinski definition) is 2. The van der Waals surface area contributed by atoms with E-state index >= 15 is 0 Å². The first kappa shape index (κ1) is 19.5. The Balaban J connectivity index is 0.00000264. The van der Waals surface area contributed by atoms with E-state index in [2.05, 4.69) is 51.5 Å². The highest BCUT2D eigenvalue weighted by atomic mass is 127. The maximum atomic E-state index is 4.34. The zero-order valence-electron chi connectivity index (χ0n) is 14.3. The number of nitrogens with one attached hydrogen (secondary N) is 1. The van der Waals surface area contributed by atoms with Crippen LogP contribution in [0.5, 0.6) is 0 Å². The number of benzene rings is 1. The maximum absolute atomic E-state index is 4.34. The van der Waals surface area contributed by atoms with Gasteiger partial charge in [0.2, 0.25) is 0 Å². The van der Waals surface area contributed by atoms with Crippen molar-refractivity contribution in [2.24, 2.45) is 12.0 Å². The number of aromatic nitrogens is 2. The van der Waals surface area contributed by atoms with Crippen molar-refractivity contribution in [2.75, 3.05) is 14.1 Å². The molecule has 23 heavy (non-hydrogen) atoms. The van der Waals surface area contributed by atoms with Gasteiger partial charge in [0.25, 0.3) is 0 Å². The Labute approximate surface area is 155 Å². The summed E-state index contributed by atoms with van der Waals surface area (Å²) in [6.45, 7) is 3.72. The van der Waals surface area contributed by atoms with E-state index in [9.17, 15) is 0 Å². The lowest BCUT2D eigenvalue weighted by atomic mass is 10.1. The number of aliphatic imine (C=N–C) groups is 1. The van der Waals surface area contributed by atoms with Crippen molar-refractivity contribution in [3.05, 3.63) is 53.3 Å². The molecule has 0 radical (unpaired) electrons. The molecule has 0 fully saturated rings. The van der Waals surface area contributed by atoms with Crippen molar-refractivity contribution in [3.8, 4) is 0 Å². The summed E-state index contributed by atoms with van der Waals surface area (Å²) in [5, 5.41) is 7.54. The van der Waals surface area contributed by atoms with Gasteiger partial charge in [-0.05, 0) is 17.5 Å². The number of guanidine groups is 1. The van der Waals surface area contributed by atoms with Crippen molar-refractivity contribution in [2.45, 2.75) is 26.4 Å². The average molecular weight is 427 g/mol. The minimum atomic E-state index is 0. The number of aryl methyl sites for hydroxylation is 2. The van der Waals surface area contributed by atoms with Gasteiger partial charge < -0.3 is 10.2 Å². The van der Waals surface area contributed by atoms with E-state index in [-0.39, 0.29) is 24.0 Å². The first-order chi connectivity index (χ1) is 10.6. The van der Waals surface area contributed by atoms with Crippen LogP contribution in [-0.4, -0.2) is 34.7 Å². The van der Waals surface area contributed by atoms with Crippen LogP contribution in [-0.2, 0) is 26.6 Å². The van der Waals surface area contributed by atoms with Gasteiger partial charge in [-0.1, -0.05) is 31.2 Å². The standard InChI is InChI=1S/C17H25N5.HI/c1-5-14-6-8-15(9-7-14)12-21(3)17(18-2)19-10-16-11-20-22(4)13-16;/h6-9,11,13H,5,10,12H2,1-4H3,(H,18,19);1H. The summed E-state index contributed by atoms with van der Waals surface area (Å²) in [7, 11) is 5.78. The van der Waals surface area contributed by atoms with Crippen molar-refractivity contribution in [1.29, 1.82) is 0 Å². The molecule has 1 heterocycles. The Bertz CT molecular complexity index is 618. The van der Waals surface area contributed by atoms with E-state index in [1.807, 2.05) is 33.5 Å². The van der Waals surface area contributed by atoms with Gasteiger partial charge >= 0.3 is 0 Å². The summed E-state index contributed by atoms with van der Waals surface area (Å²) < 4.78 is 1.80. The number of hydrogen-bond donors (Lipinski definition) is 1. The first-order valence-electron chi connectivity index (χ1n) is 7.59. The highest BCUT2D eigenvalue weighted by Gasteiger charge is 2.07. The Morgan fingerprint density at radius 2 is 1.87 bits per heavy atom. The van der Waals surface area contributed by atoms with Gasteiger partial charge in [-0.25, -0.2) is 0 Å². The molecule has 0 aliphatic rings. The second-order valence-electron chi connectivity index (χ2n) is 5.45. The molecule has 0 atom stereocenters. The summed E-state index contributed by atoms with van der Waals surface area (Å²) in [6.07, 6.45) is 4.94. The average Bonchev–Trinajstić information content (AvgIpc) is 2.94. The molecule has 1 aromatic heterocycles. The number of halogens is 1. The Morgan fingerprint density at radius 1 is 1.22 bits per heavy atom. The molecule has 126 valence electrons. The molecule has 2 rings (SSSR count). The minimum absolute atomic E-state index is 0. The Hall–Kier alpha value is -1.57. The molecule has 5 nitrogen and oxygen atoms in total. The molecular weight excluding hydrogens is 401 g/mol. The molecule has 6 heteroatoms. The zero-order chi connectivity index (χ0) is 15.9. The van der Waals surface area contributed by atoms with Crippen molar-refractivity contribution < 1.29 is 0 Å². The summed E-state index contributed by atoms with van der Waals surface area (Å²) in [5.41, 5.74) is 3.79. The van der Waals surface area contributed by atoms with Crippen molar-refractivity contribution in [3.63, 3.8) is 0 Å². The summed E-state index contributed by atoms with van der Waals surface area (Å²) in [6, 6.07) is 8.75. The Morgan fingerprint density at radius 3 is 2.39 bits per heavy atom. The maximum Gasteiger partial charge on any atom is 0.193 e. The first-order valence-corrected chi connectivity index (χ1v) is 7.59. The van der Waals surface area contributed by atoms with Gasteiger partial charge in [0.1, 0.15) is 0 Å². The van der Waals surface area contributed by atoms with Crippen LogP contribution in [0, 0.1) is 0 Å². The minimum Gasteiger partial charge on any atom is -0.352 e. The quantitative estimate of drug-likeness (QED) is 0.454. The van der Waals surface area contributed by atoms with Crippen LogP contribution in [0.3, 0.4) is 0 Å². The molecule has 0 aliphatic heterocycles. The second kappa shape index (κ2) is 9.54. The Kier molecular flexibility index (Phi) is 8.08. The van der Waals surface area contributed by atoms with Crippen LogP contribution in [0.15, 0.2) is 41.7 Å². The van der Waals surface area contributed by atoms with Crippen LogP contribution >= 0.6 is 24.0 Å². The van der Waals surface area contributed by atoms with Crippen molar-refractivity contribution >= 4 is 29.9 Å². The topological polar surface area (TPSA) is 45.4 Å². The van der Waals surface area contributed by atoms with E-state index in [4.69, 9.17) is 0 Å². The van der Waals surface area contributed by atoms with Crippen LogP contribution in [0.25, 0.3) is 0 Å². The van der Waals surface area contributed by atoms with Gasteiger partial charge in [-0.3, -0.25) is 9.67 Å². The monoisotopic (exact) mass is 427 g/mol. The number of nitrogens with zero attached hydrogens (tertiary/aromatic N) is 4. The lowest BCUT2D eigenvalue weighted by Gasteiger charge is -2.22. The zero-order valence-corrected chi connectivity index (χ0v) is 16.6. The van der Waals surface area contributed by atoms with Crippen molar-refractivity contribution in [1.82, 2.24) is 20.0 Å². The number of rotatable bonds is 5. The third-order valence-corrected chi connectivity index (χ3v) is 3.63. The summed E-state index contributed by atoms with van der Waals surface area (Å²) in [5.74, 6) is 0.878. The van der Waals surface area contributed by atoms with E-state index < -0.39 is 0 Å². The predicted octanol–water partition coefficient (Wildman–Crippen LogP) is 2.81. The fourth-order valence-corrected chi connectivity index (χ4v) is 2.36. The molecular formula is C17H26IN5. The third-order valence-electron chi connectivity index (χ3n) is 3.63. The van der Waals surface area contributed by atoms with E-state index in [1.165, 1.54) is 11.1 Å². The molecule has 0 saturated carbocycles.